The minimum Gasteiger partial charge on any atom is -0.486 e. The third-order valence-corrected chi connectivity index (χ3v) is 5.83. The molecule has 0 bridgehead atoms. The van der Waals surface area contributed by atoms with Gasteiger partial charge in [0.25, 0.3) is 0 Å². The summed E-state index contributed by atoms with van der Waals surface area (Å²) in [7, 11) is 1.75. The van der Waals surface area contributed by atoms with E-state index in [0.717, 1.165) is 44.3 Å². The van der Waals surface area contributed by atoms with Crippen LogP contribution in [-0.2, 0) is 4.74 Å². The Kier molecular flexibility index (Phi) is 11.4. The predicted octanol–water partition coefficient (Wildman–Crippen LogP) is 3.68. The van der Waals surface area contributed by atoms with Crippen LogP contribution in [0.4, 0.5) is 4.39 Å². The Morgan fingerprint density at radius 1 is 1.33 bits per heavy atom. The minimum absolute atomic E-state index is 0. The lowest BCUT2D eigenvalue weighted by Crippen LogP contribution is -2.49. The summed E-state index contributed by atoms with van der Waals surface area (Å²) in [6.07, 6.45) is 1.90. The fourth-order valence-electron chi connectivity index (χ4n) is 2.93. The third kappa shape index (κ3) is 8.03. The summed E-state index contributed by atoms with van der Waals surface area (Å²) in [6.45, 7) is 7.10. The first-order valence-corrected chi connectivity index (χ1v) is 10.1. The maximum absolute atomic E-state index is 13.7. The Bertz CT molecular complexity index is 580. The van der Waals surface area contributed by atoms with Gasteiger partial charge in [0, 0.05) is 31.6 Å². The van der Waals surface area contributed by atoms with E-state index in [1.807, 2.05) is 18.7 Å². The molecule has 0 aromatic heterocycles. The fourth-order valence-corrected chi connectivity index (χ4v) is 4.17. The highest BCUT2D eigenvalue weighted by Crippen LogP contribution is 2.34. The number of halogens is 2. The van der Waals surface area contributed by atoms with Gasteiger partial charge in [0.2, 0.25) is 0 Å². The van der Waals surface area contributed by atoms with Gasteiger partial charge in [-0.1, -0.05) is 19.1 Å². The maximum Gasteiger partial charge on any atom is 0.191 e. The van der Waals surface area contributed by atoms with Gasteiger partial charge in [0.15, 0.2) is 17.5 Å². The first-order chi connectivity index (χ1) is 12.6. The van der Waals surface area contributed by atoms with Crippen LogP contribution in [0.3, 0.4) is 0 Å². The molecule has 5 nitrogen and oxygen atoms in total. The van der Waals surface area contributed by atoms with Crippen molar-refractivity contribution >= 4 is 41.7 Å². The van der Waals surface area contributed by atoms with Gasteiger partial charge in [0.05, 0.1) is 6.54 Å². The van der Waals surface area contributed by atoms with Crippen molar-refractivity contribution in [3.8, 4) is 5.75 Å². The van der Waals surface area contributed by atoms with Gasteiger partial charge in [0.1, 0.15) is 6.10 Å². The van der Waals surface area contributed by atoms with Crippen LogP contribution in [0.25, 0.3) is 0 Å². The second kappa shape index (κ2) is 12.7. The van der Waals surface area contributed by atoms with Crippen molar-refractivity contribution in [3.05, 3.63) is 30.1 Å². The van der Waals surface area contributed by atoms with Crippen LogP contribution in [0, 0.1) is 5.82 Å². The quantitative estimate of drug-likeness (QED) is 0.317. The zero-order chi connectivity index (χ0) is 18.8. The van der Waals surface area contributed by atoms with Crippen molar-refractivity contribution in [2.24, 2.45) is 4.99 Å². The van der Waals surface area contributed by atoms with Crippen molar-refractivity contribution in [1.82, 2.24) is 10.6 Å². The molecular formula is C19H31FIN3O2S. The summed E-state index contributed by atoms with van der Waals surface area (Å²) in [6, 6.07) is 6.44. The number of benzene rings is 1. The highest BCUT2D eigenvalue weighted by molar-refractivity contribution is 14.0. The highest BCUT2D eigenvalue weighted by Gasteiger charge is 2.32. The topological polar surface area (TPSA) is 54.9 Å². The van der Waals surface area contributed by atoms with Crippen LogP contribution in [0.15, 0.2) is 29.3 Å². The molecule has 0 radical (unpaired) electrons. The molecule has 8 heteroatoms. The number of para-hydroxylation sites is 1. The second-order valence-electron chi connectivity index (χ2n) is 6.39. The largest absolute Gasteiger partial charge is 0.486 e. The molecule has 27 heavy (non-hydrogen) atoms. The first kappa shape index (κ1) is 24.3. The SMILES string of the molecule is CCSC1(CNC(=NC)NCC(C)Oc2ccccc2F)CCOCC1.I. The van der Waals surface area contributed by atoms with E-state index in [0.29, 0.717) is 6.54 Å². The average Bonchev–Trinajstić information content (AvgIpc) is 2.65. The molecule has 1 aromatic rings. The van der Waals surface area contributed by atoms with Crippen molar-refractivity contribution in [2.75, 3.05) is 39.1 Å². The second-order valence-corrected chi connectivity index (χ2v) is 8.13. The molecule has 154 valence electrons. The van der Waals surface area contributed by atoms with Gasteiger partial charge in [-0.25, -0.2) is 4.39 Å². The standard InChI is InChI=1S/C19H30FN3O2S.HI/c1-4-26-19(9-11-24-12-10-19)14-23-18(21-3)22-13-15(2)25-17-8-6-5-7-16(17)20;/h5-8,15H,4,9-14H2,1-3H3,(H2,21,22,23);1H. The number of ether oxygens (including phenoxy) is 2. The summed E-state index contributed by atoms with van der Waals surface area (Å²) in [4.78, 5) is 4.28. The lowest BCUT2D eigenvalue weighted by atomic mass is 9.99. The summed E-state index contributed by atoms with van der Waals surface area (Å²) in [5.41, 5.74) is 0. The molecule has 1 unspecified atom stereocenters. The van der Waals surface area contributed by atoms with Crippen LogP contribution < -0.4 is 15.4 Å². The molecule has 1 saturated heterocycles. The zero-order valence-electron chi connectivity index (χ0n) is 16.3. The highest BCUT2D eigenvalue weighted by atomic mass is 127. The predicted molar refractivity (Wildman–Crippen MR) is 122 cm³/mol. The number of nitrogens with one attached hydrogen (secondary N) is 2. The smallest absolute Gasteiger partial charge is 0.191 e. The number of hydrogen-bond acceptors (Lipinski definition) is 4. The summed E-state index contributed by atoms with van der Waals surface area (Å²) in [5, 5.41) is 6.69. The van der Waals surface area contributed by atoms with Gasteiger partial charge in [-0.15, -0.1) is 24.0 Å². The Balaban J connectivity index is 0.00000364. The maximum atomic E-state index is 13.7. The van der Waals surface area contributed by atoms with E-state index in [9.17, 15) is 4.39 Å². The summed E-state index contributed by atoms with van der Waals surface area (Å²) < 4.78 is 25.0. The molecular weight excluding hydrogens is 480 g/mol. The average molecular weight is 511 g/mol. The Morgan fingerprint density at radius 2 is 2.04 bits per heavy atom. The van der Waals surface area contributed by atoms with Crippen molar-refractivity contribution in [2.45, 2.75) is 37.5 Å². The molecule has 1 fully saturated rings. The summed E-state index contributed by atoms with van der Waals surface area (Å²) in [5.74, 6) is 1.74. The molecule has 1 aromatic carbocycles. The van der Waals surface area contributed by atoms with E-state index in [1.165, 1.54) is 6.07 Å². The van der Waals surface area contributed by atoms with Crippen LogP contribution in [0.1, 0.15) is 26.7 Å². The number of rotatable bonds is 8. The Labute approximate surface area is 183 Å². The molecule has 0 saturated carbocycles. The Hall–Kier alpha value is -0.740. The number of nitrogens with zero attached hydrogens (tertiary/aromatic N) is 1. The number of guanidine groups is 1. The van der Waals surface area contributed by atoms with Crippen LogP contribution >= 0.6 is 35.7 Å². The molecule has 2 rings (SSSR count). The molecule has 0 spiro atoms. The van der Waals surface area contributed by atoms with Gasteiger partial charge in [-0.05, 0) is 37.7 Å². The normalized spacial score (nSPS) is 17.6. The van der Waals surface area contributed by atoms with Crippen LogP contribution in [-0.4, -0.2) is 55.9 Å². The van der Waals surface area contributed by atoms with E-state index >= 15 is 0 Å². The molecule has 0 aliphatic carbocycles. The molecule has 1 aliphatic heterocycles. The zero-order valence-corrected chi connectivity index (χ0v) is 19.4. The fraction of sp³-hybridized carbons (Fsp3) is 0.632. The van der Waals surface area contributed by atoms with E-state index in [1.54, 1.807) is 25.2 Å². The van der Waals surface area contributed by atoms with Crippen molar-refractivity contribution < 1.29 is 13.9 Å². The number of thioether (sulfide) groups is 1. The molecule has 1 heterocycles. The van der Waals surface area contributed by atoms with Crippen LogP contribution in [0.2, 0.25) is 0 Å². The van der Waals surface area contributed by atoms with Gasteiger partial charge in [-0.2, -0.15) is 11.8 Å². The minimum atomic E-state index is -0.347. The van der Waals surface area contributed by atoms with E-state index in [-0.39, 0.29) is 46.4 Å². The lowest BCUT2D eigenvalue weighted by molar-refractivity contribution is 0.0782. The third-order valence-electron chi connectivity index (χ3n) is 4.38. The number of aliphatic imine (C=N–C) groups is 1. The van der Waals surface area contributed by atoms with Gasteiger partial charge >= 0.3 is 0 Å². The first-order valence-electron chi connectivity index (χ1n) is 9.16. The monoisotopic (exact) mass is 511 g/mol. The summed E-state index contributed by atoms with van der Waals surface area (Å²) >= 11 is 1.99. The van der Waals surface area contributed by atoms with E-state index in [2.05, 4.69) is 22.5 Å². The Morgan fingerprint density at radius 3 is 2.67 bits per heavy atom. The van der Waals surface area contributed by atoms with Gasteiger partial charge in [-0.3, -0.25) is 4.99 Å². The van der Waals surface area contributed by atoms with E-state index in [4.69, 9.17) is 9.47 Å². The van der Waals surface area contributed by atoms with Crippen molar-refractivity contribution in [3.63, 3.8) is 0 Å². The van der Waals surface area contributed by atoms with Gasteiger partial charge < -0.3 is 20.1 Å². The van der Waals surface area contributed by atoms with Crippen LogP contribution in [0.5, 0.6) is 5.75 Å². The molecule has 2 N–H and O–H groups in total. The molecule has 0 amide bonds. The lowest BCUT2D eigenvalue weighted by Gasteiger charge is -2.37. The molecule has 1 atom stereocenters. The van der Waals surface area contributed by atoms with Crippen molar-refractivity contribution in [1.29, 1.82) is 0 Å². The molecule has 1 aliphatic rings. The number of hydrogen-bond donors (Lipinski definition) is 2. The van der Waals surface area contributed by atoms with E-state index < -0.39 is 0 Å².